The maximum absolute atomic E-state index is 13.4. The highest BCUT2D eigenvalue weighted by Crippen LogP contribution is 2.26. The van der Waals surface area contributed by atoms with E-state index in [0.717, 1.165) is 37.9 Å². The van der Waals surface area contributed by atoms with Gasteiger partial charge in [0.2, 0.25) is 5.91 Å². The van der Waals surface area contributed by atoms with E-state index in [2.05, 4.69) is 12.2 Å². The third-order valence-electron chi connectivity index (χ3n) is 5.44. The highest BCUT2D eigenvalue weighted by atomic mass is 35.5. The molecule has 8 heteroatoms. The number of hydrogen-bond acceptors (Lipinski definition) is 4. The maximum Gasteiger partial charge on any atom is 0.313 e. The van der Waals surface area contributed by atoms with E-state index in [1.807, 2.05) is 35.2 Å². The summed E-state index contributed by atoms with van der Waals surface area (Å²) in [5, 5.41) is 3.30. The van der Waals surface area contributed by atoms with Crippen LogP contribution in [0.15, 0.2) is 30.3 Å². The van der Waals surface area contributed by atoms with Crippen molar-refractivity contribution in [2.75, 3.05) is 45.8 Å². The molecule has 0 saturated carbocycles. The van der Waals surface area contributed by atoms with Crippen LogP contribution in [0, 0.1) is 0 Å². The van der Waals surface area contributed by atoms with Crippen LogP contribution in [0.4, 0.5) is 0 Å². The predicted octanol–water partition coefficient (Wildman–Crippen LogP) is 1.44. The zero-order chi connectivity index (χ0) is 19.9. The Morgan fingerprint density at radius 1 is 1.03 bits per heavy atom. The van der Waals surface area contributed by atoms with Gasteiger partial charge in [-0.25, -0.2) is 0 Å². The summed E-state index contributed by atoms with van der Waals surface area (Å²) in [6, 6.07) is 8.59. The van der Waals surface area contributed by atoms with Crippen LogP contribution < -0.4 is 5.32 Å². The summed E-state index contributed by atoms with van der Waals surface area (Å²) in [5.74, 6) is -1.17. The van der Waals surface area contributed by atoms with Gasteiger partial charge in [-0.1, -0.05) is 43.7 Å². The van der Waals surface area contributed by atoms with Crippen molar-refractivity contribution in [3.8, 4) is 0 Å². The van der Waals surface area contributed by atoms with Crippen LogP contribution in [0.2, 0.25) is 0 Å². The number of rotatable bonds is 6. The molecule has 1 aromatic rings. The fourth-order valence-electron chi connectivity index (χ4n) is 3.83. The summed E-state index contributed by atoms with van der Waals surface area (Å²) in [4.78, 5) is 43.9. The summed E-state index contributed by atoms with van der Waals surface area (Å²) in [6.07, 6.45) is 2.72. The first kappa shape index (κ1) is 23.2. The van der Waals surface area contributed by atoms with Gasteiger partial charge in [-0.3, -0.25) is 14.4 Å². The van der Waals surface area contributed by atoms with E-state index < -0.39 is 17.9 Å². The Kier molecular flexibility index (Phi) is 8.92. The van der Waals surface area contributed by atoms with Crippen molar-refractivity contribution in [3.63, 3.8) is 0 Å². The van der Waals surface area contributed by atoms with E-state index in [1.165, 1.54) is 4.90 Å². The molecule has 2 fully saturated rings. The Balaban J connectivity index is 0.00000300. The molecule has 7 nitrogen and oxygen atoms in total. The van der Waals surface area contributed by atoms with Gasteiger partial charge in [-0.15, -0.1) is 12.4 Å². The first-order valence-corrected chi connectivity index (χ1v) is 10.3. The van der Waals surface area contributed by atoms with Crippen molar-refractivity contribution < 1.29 is 14.4 Å². The van der Waals surface area contributed by atoms with Crippen LogP contribution >= 0.6 is 12.4 Å². The molecule has 1 N–H and O–H groups in total. The summed E-state index contributed by atoms with van der Waals surface area (Å²) in [7, 11) is 0. The number of carbonyl (C=O) groups excluding carboxylic acids is 3. The normalized spacial score (nSPS) is 18.9. The van der Waals surface area contributed by atoms with E-state index in [-0.39, 0.29) is 18.3 Å². The third kappa shape index (κ3) is 5.48. The molecular formula is C21H31ClN4O3. The van der Waals surface area contributed by atoms with Crippen molar-refractivity contribution in [2.45, 2.75) is 32.2 Å². The molecule has 3 rings (SSSR count). The van der Waals surface area contributed by atoms with Crippen LogP contribution in [0.1, 0.15) is 37.8 Å². The number of benzene rings is 1. The zero-order valence-corrected chi connectivity index (χ0v) is 17.8. The molecule has 2 aliphatic rings. The molecule has 1 atom stereocenters. The minimum absolute atomic E-state index is 0. The lowest BCUT2D eigenvalue weighted by atomic mass is 10.0. The van der Waals surface area contributed by atoms with Gasteiger partial charge in [0, 0.05) is 39.3 Å². The minimum atomic E-state index is -0.746. The van der Waals surface area contributed by atoms with Crippen molar-refractivity contribution in [3.05, 3.63) is 35.9 Å². The van der Waals surface area contributed by atoms with Crippen LogP contribution in [-0.2, 0) is 14.4 Å². The molecule has 2 saturated heterocycles. The largest absolute Gasteiger partial charge is 0.339 e. The van der Waals surface area contributed by atoms with Gasteiger partial charge >= 0.3 is 11.8 Å². The number of carbonyl (C=O) groups is 3. The second-order valence-corrected chi connectivity index (χ2v) is 7.39. The monoisotopic (exact) mass is 422 g/mol. The molecule has 0 bridgehead atoms. The summed E-state index contributed by atoms with van der Waals surface area (Å²) < 4.78 is 0. The lowest BCUT2D eigenvalue weighted by Gasteiger charge is -2.39. The van der Waals surface area contributed by atoms with Gasteiger partial charge < -0.3 is 20.0 Å². The molecule has 3 amide bonds. The van der Waals surface area contributed by atoms with E-state index >= 15 is 0 Å². The van der Waals surface area contributed by atoms with Gasteiger partial charge in [0.15, 0.2) is 0 Å². The zero-order valence-electron chi connectivity index (χ0n) is 17.0. The topological polar surface area (TPSA) is 73.0 Å². The molecule has 160 valence electrons. The molecule has 2 heterocycles. The predicted molar refractivity (Wildman–Crippen MR) is 114 cm³/mol. The molecule has 0 aromatic heterocycles. The van der Waals surface area contributed by atoms with Crippen molar-refractivity contribution in [2.24, 2.45) is 0 Å². The van der Waals surface area contributed by atoms with Crippen molar-refractivity contribution >= 4 is 30.1 Å². The smallest absolute Gasteiger partial charge is 0.313 e. The standard InChI is InChI=1S/C21H30N4O3.ClH/c1-2-3-12-24-15-16-25(21(28)20(24)27)18(17-8-5-4-6-9-17)19(26)23-13-7-10-22-11-14-23;/h4-6,8-9,18,22H,2-3,7,10-16H2,1H3;1H. The number of unbranched alkanes of at least 4 members (excludes halogenated alkanes) is 1. The average molecular weight is 423 g/mol. The number of nitrogens with zero attached hydrogens (tertiary/aromatic N) is 3. The average Bonchev–Trinajstić information content (AvgIpc) is 3.01. The second kappa shape index (κ2) is 11.2. The molecular weight excluding hydrogens is 392 g/mol. The fourth-order valence-corrected chi connectivity index (χ4v) is 3.83. The molecule has 1 unspecified atom stereocenters. The lowest BCUT2D eigenvalue weighted by Crippen LogP contribution is -2.57. The van der Waals surface area contributed by atoms with Gasteiger partial charge in [-0.2, -0.15) is 0 Å². The number of hydrogen-bond donors (Lipinski definition) is 1. The lowest BCUT2D eigenvalue weighted by molar-refractivity contribution is -0.161. The third-order valence-corrected chi connectivity index (χ3v) is 5.44. The van der Waals surface area contributed by atoms with Crippen LogP contribution in [0.5, 0.6) is 0 Å². The highest BCUT2D eigenvalue weighted by Gasteiger charge is 2.41. The minimum Gasteiger partial charge on any atom is -0.339 e. The van der Waals surface area contributed by atoms with Crippen molar-refractivity contribution in [1.82, 2.24) is 20.0 Å². The van der Waals surface area contributed by atoms with Crippen LogP contribution in [0.25, 0.3) is 0 Å². The van der Waals surface area contributed by atoms with Gasteiger partial charge in [0.25, 0.3) is 0 Å². The molecule has 2 aliphatic heterocycles. The number of piperazine rings is 1. The molecule has 0 spiro atoms. The van der Waals surface area contributed by atoms with Crippen LogP contribution in [0.3, 0.4) is 0 Å². The first-order valence-electron chi connectivity index (χ1n) is 10.3. The number of amides is 3. The quantitative estimate of drug-likeness (QED) is 0.704. The molecule has 1 aromatic carbocycles. The van der Waals surface area contributed by atoms with E-state index in [9.17, 15) is 14.4 Å². The number of nitrogens with one attached hydrogen (secondary N) is 1. The van der Waals surface area contributed by atoms with E-state index in [0.29, 0.717) is 32.7 Å². The summed E-state index contributed by atoms with van der Waals surface area (Å²) in [6.45, 7) is 6.40. The summed E-state index contributed by atoms with van der Waals surface area (Å²) >= 11 is 0. The Bertz CT molecular complexity index is 692. The van der Waals surface area contributed by atoms with Gasteiger partial charge in [-0.05, 0) is 24.9 Å². The Hall–Kier alpha value is -2.12. The molecule has 0 aliphatic carbocycles. The summed E-state index contributed by atoms with van der Waals surface area (Å²) in [5.41, 5.74) is 0.757. The first-order chi connectivity index (χ1) is 13.6. The second-order valence-electron chi connectivity index (χ2n) is 7.39. The SMILES string of the molecule is CCCCN1CCN(C(C(=O)N2CCCNCC2)c2ccccc2)C(=O)C1=O.Cl. The Morgan fingerprint density at radius 2 is 1.79 bits per heavy atom. The van der Waals surface area contributed by atoms with Gasteiger partial charge in [0.05, 0.1) is 0 Å². The Morgan fingerprint density at radius 3 is 2.52 bits per heavy atom. The number of halogens is 1. The Labute approximate surface area is 178 Å². The highest BCUT2D eigenvalue weighted by molar-refractivity contribution is 6.35. The van der Waals surface area contributed by atoms with E-state index in [4.69, 9.17) is 0 Å². The van der Waals surface area contributed by atoms with Gasteiger partial charge in [0.1, 0.15) is 6.04 Å². The van der Waals surface area contributed by atoms with E-state index in [1.54, 1.807) is 4.90 Å². The maximum atomic E-state index is 13.4. The van der Waals surface area contributed by atoms with Crippen molar-refractivity contribution in [1.29, 1.82) is 0 Å². The van der Waals surface area contributed by atoms with Crippen LogP contribution in [-0.4, -0.2) is 78.2 Å². The molecule has 29 heavy (non-hydrogen) atoms. The molecule has 0 radical (unpaired) electrons. The fraction of sp³-hybridized carbons (Fsp3) is 0.571.